The average Bonchev–Trinajstić information content (AvgIpc) is 2.97. The van der Waals surface area contributed by atoms with E-state index in [1.54, 1.807) is 7.11 Å². The van der Waals surface area contributed by atoms with Gasteiger partial charge in [0.15, 0.2) is 0 Å². The Kier molecular flexibility index (Phi) is 4.44. The Morgan fingerprint density at radius 1 is 1.31 bits per heavy atom. The van der Waals surface area contributed by atoms with Crippen LogP contribution in [0.25, 0.3) is 21.1 Å². The largest absolute Gasteiger partial charge is 0.497 e. The molecule has 1 aliphatic carbocycles. The number of hydrogen-bond donors (Lipinski definition) is 2. The number of thiophene rings is 1. The van der Waals surface area contributed by atoms with Gasteiger partial charge in [-0.05, 0) is 37.0 Å². The molecule has 26 heavy (non-hydrogen) atoms. The van der Waals surface area contributed by atoms with Gasteiger partial charge in [0.05, 0.1) is 18.3 Å². The van der Waals surface area contributed by atoms with Crippen molar-refractivity contribution in [1.29, 1.82) is 0 Å². The van der Waals surface area contributed by atoms with E-state index in [2.05, 4.69) is 12.2 Å². The number of carbonyl (C=O) groups excluding carboxylic acids is 1. The molecule has 0 radical (unpaired) electrons. The summed E-state index contributed by atoms with van der Waals surface area (Å²) in [5.74, 6) is 1.19. The van der Waals surface area contributed by atoms with Crippen molar-refractivity contribution in [3.63, 3.8) is 0 Å². The number of carbonyl (C=O) groups is 1. The van der Waals surface area contributed by atoms with Crippen LogP contribution in [0, 0.1) is 5.92 Å². The van der Waals surface area contributed by atoms with E-state index >= 15 is 0 Å². The van der Waals surface area contributed by atoms with E-state index in [1.165, 1.54) is 30.6 Å². The first-order valence-electron chi connectivity index (χ1n) is 9.04. The van der Waals surface area contributed by atoms with Crippen molar-refractivity contribution in [2.24, 2.45) is 5.92 Å². The predicted octanol–water partition coefficient (Wildman–Crippen LogP) is 4.35. The molecule has 1 aromatic carbocycles. The second kappa shape index (κ2) is 6.76. The van der Waals surface area contributed by atoms with Crippen molar-refractivity contribution in [3.8, 4) is 5.75 Å². The van der Waals surface area contributed by atoms with E-state index < -0.39 is 0 Å². The Morgan fingerprint density at radius 2 is 2.12 bits per heavy atom. The van der Waals surface area contributed by atoms with Crippen molar-refractivity contribution in [2.75, 3.05) is 12.8 Å². The Labute approximate surface area is 156 Å². The topological polar surface area (TPSA) is 77.2 Å². The summed E-state index contributed by atoms with van der Waals surface area (Å²) in [5, 5.41) is 5.01. The van der Waals surface area contributed by atoms with E-state index in [-0.39, 0.29) is 11.9 Å². The van der Waals surface area contributed by atoms with Crippen molar-refractivity contribution in [1.82, 2.24) is 10.3 Å². The molecule has 5 nitrogen and oxygen atoms in total. The second-order valence-corrected chi connectivity index (χ2v) is 8.09. The summed E-state index contributed by atoms with van der Waals surface area (Å²) in [6.45, 7) is 2.21. The third kappa shape index (κ3) is 2.98. The van der Waals surface area contributed by atoms with Crippen molar-refractivity contribution >= 4 is 44.1 Å². The lowest BCUT2D eigenvalue weighted by atomic mass is 9.86. The Morgan fingerprint density at radius 3 is 2.88 bits per heavy atom. The molecule has 136 valence electrons. The van der Waals surface area contributed by atoms with Crippen LogP contribution in [0.4, 0.5) is 5.69 Å². The van der Waals surface area contributed by atoms with Crippen LogP contribution < -0.4 is 15.8 Å². The van der Waals surface area contributed by atoms with Gasteiger partial charge in [-0.25, -0.2) is 4.98 Å². The number of benzene rings is 1. The molecule has 0 saturated heterocycles. The quantitative estimate of drug-likeness (QED) is 0.719. The molecule has 2 atom stereocenters. The number of hydrogen-bond acceptors (Lipinski definition) is 5. The van der Waals surface area contributed by atoms with Gasteiger partial charge >= 0.3 is 0 Å². The van der Waals surface area contributed by atoms with Crippen LogP contribution in [0.5, 0.6) is 5.75 Å². The monoisotopic (exact) mass is 369 g/mol. The normalized spacial score (nSPS) is 20.4. The minimum atomic E-state index is -0.0779. The number of amides is 1. The first kappa shape index (κ1) is 17.1. The van der Waals surface area contributed by atoms with Gasteiger partial charge < -0.3 is 15.8 Å². The summed E-state index contributed by atoms with van der Waals surface area (Å²) in [4.78, 5) is 18.8. The molecule has 0 bridgehead atoms. The summed E-state index contributed by atoms with van der Waals surface area (Å²) >= 11 is 1.36. The van der Waals surface area contributed by atoms with Gasteiger partial charge in [-0.15, -0.1) is 11.3 Å². The highest BCUT2D eigenvalue weighted by Gasteiger charge is 2.25. The highest BCUT2D eigenvalue weighted by Crippen LogP contribution is 2.35. The average molecular weight is 369 g/mol. The van der Waals surface area contributed by atoms with Crippen LogP contribution in [-0.2, 0) is 0 Å². The number of fused-ring (bicyclic) bond motifs is 2. The zero-order valence-corrected chi connectivity index (χ0v) is 15.9. The zero-order valence-electron chi connectivity index (χ0n) is 15.0. The lowest BCUT2D eigenvalue weighted by Crippen LogP contribution is -2.40. The molecule has 3 aromatic rings. The first-order chi connectivity index (χ1) is 12.6. The number of rotatable bonds is 3. The number of anilines is 1. The Hall–Kier alpha value is -2.34. The smallest absolute Gasteiger partial charge is 0.263 e. The van der Waals surface area contributed by atoms with Gasteiger partial charge in [0.1, 0.15) is 15.5 Å². The zero-order chi connectivity index (χ0) is 18.3. The summed E-state index contributed by atoms with van der Waals surface area (Å²) in [6, 6.07) is 7.99. The van der Waals surface area contributed by atoms with Crippen LogP contribution >= 0.6 is 11.3 Å². The summed E-state index contributed by atoms with van der Waals surface area (Å²) in [6.07, 6.45) is 4.63. The predicted molar refractivity (Wildman–Crippen MR) is 107 cm³/mol. The third-order valence-corrected chi connectivity index (χ3v) is 6.47. The number of nitrogens with two attached hydrogens (primary N) is 1. The molecule has 6 heteroatoms. The lowest BCUT2D eigenvalue weighted by molar-refractivity contribution is 0.0915. The number of ether oxygens (including phenoxy) is 1. The maximum absolute atomic E-state index is 12.8. The van der Waals surface area contributed by atoms with Crippen LogP contribution in [0.1, 0.15) is 42.3 Å². The summed E-state index contributed by atoms with van der Waals surface area (Å²) in [5.41, 5.74) is 7.67. The van der Waals surface area contributed by atoms with Gasteiger partial charge in [0.2, 0.25) is 0 Å². The van der Waals surface area contributed by atoms with Crippen LogP contribution in [-0.4, -0.2) is 24.0 Å². The van der Waals surface area contributed by atoms with Gasteiger partial charge in [-0.2, -0.15) is 0 Å². The minimum Gasteiger partial charge on any atom is -0.497 e. The van der Waals surface area contributed by atoms with Crippen LogP contribution in [0.15, 0.2) is 24.3 Å². The van der Waals surface area contributed by atoms with E-state index in [0.29, 0.717) is 16.5 Å². The number of methoxy groups -OCH3 is 1. The summed E-state index contributed by atoms with van der Waals surface area (Å²) in [7, 11) is 1.64. The lowest BCUT2D eigenvalue weighted by Gasteiger charge is -2.29. The second-order valence-electron chi connectivity index (χ2n) is 7.09. The number of nitrogens with one attached hydrogen (secondary N) is 1. The van der Waals surface area contributed by atoms with Crippen molar-refractivity contribution < 1.29 is 9.53 Å². The van der Waals surface area contributed by atoms with Gasteiger partial charge in [-0.1, -0.05) is 19.8 Å². The van der Waals surface area contributed by atoms with E-state index in [1.807, 2.05) is 24.3 Å². The molecule has 1 saturated carbocycles. The molecule has 3 N–H and O–H groups in total. The standard InChI is InChI=1S/C20H23N3O2S/c1-11-5-3-4-6-15(11)22-19(24)18-17(21)14-9-12-7-8-13(25-2)10-16(12)23-20(14)26-18/h7-11,15H,3-6,21H2,1-2H3,(H,22,24). The maximum atomic E-state index is 12.8. The molecule has 0 spiro atoms. The Bertz CT molecular complexity index is 982. The molecule has 2 unspecified atom stereocenters. The van der Waals surface area contributed by atoms with Gasteiger partial charge in [0.25, 0.3) is 5.91 Å². The number of aromatic nitrogens is 1. The molecule has 2 aromatic heterocycles. The minimum absolute atomic E-state index is 0.0779. The van der Waals surface area contributed by atoms with Gasteiger partial charge in [-0.3, -0.25) is 4.79 Å². The molecular weight excluding hydrogens is 346 g/mol. The molecule has 1 amide bonds. The van der Waals surface area contributed by atoms with E-state index in [9.17, 15) is 4.79 Å². The Balaban J connectivity index is 1.69. The third-order valence-electron chi connectivity index (χ3n) is 5.36. The fourth-order valence-electron chi connectivity index (χ4n) is 3.73. The molecule has 2 heterocycles. The first-order valence-corrected chi connectivity index (χ1v) is 9.86. The highest BCUT2D eigenvalue weighted by atomic mass is 32.1. The molecular formula is C20H23N3O2S. The highest BCUT2D eigenvalue weighted by molar-refractivity contribution is 7.21. The molecule has 0 aliphatic heterocycles. The maximum Gasteiger partial charge on any atom is 0.263 e. The number of pyridine rings is 1. The number of nitrogens with zero attached hydrogens (tertiary/aromatic N) is 1. The molecule has 1 aliphatic rings. The molecule has 4 rings (SSSR count). The van der Waals surface area contributed by atoms with E-state index in [0.717, 1.165) is 33.3 Å². The molecule has 1 fully saturated rings. The van der Waals surface area contributed by atoms with Crippen LogP contribution in [0.2, 0.25) is 0 Å². The SMILES string of the molecule is COc1ccc2cc3c(N)c(C(=O)NC4CCCCC4C)sc3nc2c1. The fraction of sp³-hybridized carbons (Fsp3) is 0.400. The summed E-state index contributed by atoms with van der Waals surface area (Å²) < 4.78 is 5.27. The number of nitrogen functional groups attached to an aromatic ring is 1. The van der Waals surface area contributed by atoms with Crippen LogP contribution in [0.3, 0.4) is 0 Å². The van der Waals surface area contributed by atoms with Crippen molar-refractivity contribution in [2.45, 2.75) is 38.6 Å². The fourth-order valence-corrected chi connectivity index (χ4v) is 4.72. The van der Waals surface area contributed by atoms with E-state index in [4.69, 9.17) is 15.5 Å². The van der Waals surface area contributed by atoms with Gasteiger partial charge in [0, 0.05) is 22.9 Å². The van der Waals surface area contributed by atoms with Crippen molar-refractivity contribution in [3.05, 3.63) is 29.1 Å².